The van der Waals surface area contributed by atoms with Gasteiger partial charge in [-0.15, -0.1) is 0 Å². The molecule has 0 amide bonds. The van der Waals surface area contributed by atoms with Crippen LogP contribution in [0.2, 0.25) is 0 Å². The lowest BCUT2D eigenvalue weighted by Gasteiger charge is -2.08. The normalized spacial score (nSPS) is 11.7. The Morgan fingerprint density at radius 2 is 2.11 bits per heavy atom. The molecule has 0 saturated carbocycles. The van der Waals surface area contributed by atoms with Crippen LogP contribution in [-0.4, -0.2) is 8.42 Å². The first-order valence-corrected chi connectivity index (χ1v) is 7.55. The van der Waals surface area contributed by atoms with Gasteiger partial charge in [0, 0.05) is 4.47 Å². The summed E-state index contributed by atoms with van der Waals surface area (Å²) in [5.74, 6) is 0.575. The van der Waals surface area contributed by atoms with Crippen LogP contribution in [0.25, 0.3) is 0 Å². The van der Waals surface area contributed by atoms with Crippen molar-refractivity contribution in [3.8, 4) is 0 Å². The van der Waals surface area contributed by atoms with Gasteiger partial charge in [-0.25, -0.2) is 13.1 Å². The van der Waals surface area contributed by atoms with Gasteiger partial charge in [0.05, 0.1) is 17.7 Å². The lowest BCUT2D eigenvalue weighted by atomic mass is 10.2. The van der Waals surface area contributed by atoms with E-state index in [1.165, 1.54) is 6.26 Å². The van der Waals surface area contributed by atoms with Crippen LogP contribution in [0.4, 0.5) is 0 Å². The molecule has 0 aliphatic carbocycles. The average molecular weight is 330 g/mol. The van der Waals surface area contributed by atoms with Crippen LogP contribution in [0.5, 0.6) is 0 Å². The van der Waals surface area contributed by atoms with Crippen molar-refractivity contribution in [1.29, 1.82) is 0 Å². The zero-order valence-corrected chi connectivity index (χ0v) is 12.1. The van der Waals surface area contributed by atoms with Crippen LogP contribution < -0.4 is 4.72 Å². The highest BCUT2D eigenvalue weighted by Crippen LogP contribution is 2.20. The van der Waals surface area contributed by atoms with E-state index < -0.39 is 10.0 Å². The van der Waals surface area contributed by atoms with Crippen LogP contribution in [0.15, 0.2) is 50.4 Å². The highest BCUT2D eigenvalue weighted by atomic mass is 79.9. The second-order valence-corrected chi connectivity index (χ2v) is 6.46. The van der Waals surface area contributed by atoms with Crippen molar-refractivity contribution in [3.63, 3.8) is 0 Å². The predicted octanol–water partition coefficient (Wildman–Crippen LogP) is 2.83. The van der Waals surface area contributed by atoms with E-state index in [0.717, 1.165) is 4.47 Å². The fourth-order valence-electron chi connectivity index (χ4n) is 1.52. The molecule has 6 heteroatoms. The fourth-order valence-corrected chi connectivity index (χ4v) is 3.29. The molecule has 96 valence electrons. The van der Waals surface area contributed by atoms with Crippen molar-refractivity contribution in [2.45, 2.75) is 18.4 Å². The standard InChI is InChI=1S/C12H12BrNO3S/c1-9-4-5-10(13)7-12(9)18(15,16)14-8-11-3-2-6-17-11/h2-7,14H,8H2,1H3. The maximum atomic E-state index is 12.1. The van der Waals surface area contributed by atoms with Gasteiger partial charge in [0.25, 0.3) is 0 Å². The molecule has 1 aromatic heterocycles. The Hall–Kier alpha value is -1.11. The predicted molar refractivity (Wildman–Crippen MR) is 71.6 cm³/mol. The van der Waals surface area contributed by atoms with E-state index in [4.69, 9.17) is 4.42 Å². The maximum Gasteiger partial charge on any atom is 0.241 e. The SMILES string of the molecule is Cc1ccc(Br)cc1S(=O)(=O)NCc1ccco1. The summed E-state index contributed by atoms with van der Waals surface area (Å²) < 4.78 is 32.6. The molecule has 1 aromatic carbocycles. The number of rotatable bonds is 4. The maximum absolute atomic E-state index is 12.1. The van der Waals surface area contributed by atoms with Gasteiger partial charge >= 0.3 is 0 Å². The van der Waals surface area contributed by atoms with E-state index in [-0.39, 0.29) is 11.4 Å². The van der Waals surface area contributed by atoms with Gasteiger partial charge in [-0.2, -0.15) is 0 Å². The summed E-state index contributed by atoms with van der Waals surface area (Å²) in [7, 11) is -3.53. The van der Waals surface area contributed by atoms with Crippen molar-refractivity contribution in [3.05, 3.63) is 52.4 Å². The molecule has 0 aliphatic heterocycles. The molecule has 0 atom stereocenters. The quantitative estimate of drug-likeness (QED) is 0.938. The highest BCUT2D eigenvalue weighted by Gasteiger charge is 2.17. The molecule has 1 heterocycles. The summed E-state index contributed by atoms with van der Waals surface area (Å²) in [6, 6.07) is 8.58. The summed E-state index contributed by atoms with van der Waals surface area (Å²) in [6.45, 7) is 1.90. The van der Waals surface area contributed by atoms with Crippen LogP contribution in [0.3, 0.4) is 0 Å². The fraction of sp³-hybridized carbons (Fsp3) is 0.167. The van der Waals surface area contributed by atoms with Gasteiger partial charge in [0.15, 0.2) is 0 Å². The molecule has 0 fully saturated rings. The van der Waals surface area contributed by atoms with Gasteiger partial charge in [0.2, 0.25) is 10.0 Å². The van der Waals surface area contributed by atoms with Gasteiger partial charge in [-0.3, -0.25) is 0 Å². The first-order chi connectivity index (χ1) is 8.49. The van der Waals surface area contributed by atoms with Crippen LogP contribution in [0, 0.1) is 6.92 Å². The molecular formula is C12H12BrNO3S. The lowest BCUT2D eigenvalue weighted by Crippen LogP contribution is -2.23. The van der Waals surface area contributed by atoms with Crippen LogP contribution in [-0.2, 0) is 16.6 Å². The van der Waals surface area contributed by atoms with Crippen molar-refractivity contribution >= 4 is 26.0 Å². The summed E-state index contributed by atoms with van der Waals surface area (Å²) >= 11 is 3.27. The Labute approximate surface area is 114 Å². The number of benzene rings is 1. The number of halogens is 1. The van der Waals surface area contributed by atoms with Crippen molar-refractivity contribution in [1.82, 2.24) is 4.72 Å². The van der Waals surface area contributed by atoms with Gasteiger partial charge in [-0.05, 0) is 36.8 Å². The Balaban J connectivity index is 2.22. The van der Waals surface area contributed by atoms with Crippen LogP contribution >= 0.6 is 15.9 Å². The summed E-state index contributed by atoms with van der Waals surface area (Å²) in [5.41, 5.74) is 0.699. The monoisotopic (exact) mass is 329 g/mol. The average Bonchev–Trinajstić information content (AvgIpc) is 2.83. The van der Waals surface area contributed by atoms with Crippen molar-refractivity contribution < 1.29 is 12.8 Å². The van der Waals surface area contributed by atoms with Crippen molar-refractivity contribution in [2.24, 2.45) is 0 Å². The Kier molecular flexibility index (Phi) is 3.89. The minimum Gasteiger partial charge on any atom is -0.468 e. The molecule has 0 spiro atoms. The molecule has 0 radical (unpaired) electrons. The Morgan fingerprint density at radius 1 is 1.33 bits per heavy atom. The molecule has 0 saturated heterocycles. The largest absolute Gasteiger partial charge is 0.468 e. The van der Waals surface area contributed by atoms with E-state index in [2.05, 4.69) is 20.7 Å². The topological polar surface area (TPSA) is 59.3 Å². The first kappa shape index (κ1) is 13.3. The van der Waals surface area contributed by atoms with Gasteiger partial charge < -0.3 is 4.42 Å². The Bertz CT molecular complexity index is 635. The van der Waals surface area contributed by atoms with Gasteiger partial charge in [0.1, 0.15) is 5.76 Å². The second-order valence-electron chi connectivity index (χ2n) is 3.81. The summed E-state index contributed by atoms with van der Waals surface area (Å²) in [5, 5.41) is 0. The van der Waals surface area contributed by atoms with E-state index in [9.17, 15) is 8.42 Å². The van der Waals surface area contributed by atoms with E-state index >= 15 is 0 Å². The molecular weight excluding hydrogens is 318 g/mol. The number of aryl methyl sites for hydroxylation is 1. The van der Waals surface area contributed by atoms with Crippen molar-refractivity contribution in [2.75, 3.05) is 0 Å². The first-order valence-electron chi connectivity index (χ1n) is 5.27. The number of sulfonamides is 1. The molecule has 4 nitrogen and oxygen atoms in total. The number of hydrogen-bond donors (Lipinski definition) is 1. The third-order valence-corrected chi connectivity index (χ3v) is 4.49. The number of nitrogens with one attached hydrogen (secondary N) is 1. The highest BCUT2D eigenvalue weighted by molar-refractivity contribution is 9.10. The third-order valence-electron chi connectivity index (χ3n) is 2.46. The molecule has 18 heavy (non-hydrogen) atoms. The Morgan fingerprint density at radius 3 is 2.78 bits per heavy atom. The molecule has 0 unspecified atom stereocenters. The molecule has 0 bridgehead atoms. The summed E-state index contributed by atoms with van der Waals surface area (Å²) in [4.78, 5) is 0.267. The van der Waals surface area contributed by atoms with Gasteiger partial charge in [-0.1, -0.05) is 22.0 Å². The number of hydrogen-bond acceptors (Lipinski definition) is 3. The smallest absolute Gasteiger partial charge is 0.241 e. The van der Waals surface area contributed by atoms with E-state index in [0.29, 0.717) is 11.3 Å². The molecule has 0 aliphatic rings. The lowest BCUT2D eigenvalue weighted by molar-refractivity contribution is 0.498. The molecule has 2 rings (SSSR count). The molecule has 1 N–H and O–H groups in total. The minimum atomic E-state index is -3.53. The van der Waals surface area contributed by atoms with E-state index in [1.807, 2.05) is 0 Å². The second kappa shape index (κ2) is 5.26. The zero-order valence-electron chi connectivity index (χ0n) is 9.68. The zero-order chi connectivity index (χ0) is 13.2. The number of furan rings is 1. The van der Waals surface area contributed by atoms with E-state index in [1.54, 1.807) is 37.3 Å². The summed E-state index contributed by atoms with van der Waals surface area (Å²) in [6.07, 6.45) is 1.51. The minimum absolute atomic E-state index is 0.140. The third kappa shape index (κ3) is 3.01. The van der Waals surface area contributed by atoms with Crippen LogP contribution in [0.1, 0.15) is 11.3 Å². The molecule has 2 aromatic rings.